The molecule has 0 aromatic heterocycles. The quantitative estimate of drug-likeness (QED) is 0.185. The molecule has 1 fully saturated rings. The van der Waals surface area contributed by atoms with Crippen LogP contribution in [0.25, 0.3) is 0 Å². The fraction of sp³-hybridized carbons (Fsp3) is 0.529. The van der Waals surface area contributed by atoms with E-state index >= 15 is 0 Å². The summed E-state index contributed by atoms with van der Waals surface area (Å²) in [4.78, 5) is 52.7. The maximum Gasteiger partial charge on any atom is 0.305 e. The van der Waals surface area contributed by atoms with Gasteiger partial charge in [-0.2, -0.15) is 0 Å². The van der Waals surface area contributed by atoms with E-state index in [9.17, 15) is 24.3 Å². The number of hydrogen-bond acceptors (Lipinski definition) is 8. The highest BCUT2D eigenvalue weighted by atomic mass is 16.5. The number of aliphatic hydroxyl groups is 1. The van der Waals surface area contributed by atoms with E-state index in [4.69, 9.17) is 4.74 Å². The number of carbonyl (C=O) groups is 4. The lowest BCUT2D eigenvalue weighted by atomic mass is 9.99. The number of benzene rings is 2. The molecule has 246 valence electrons. The van der Waals surface area contributed by atoms with Gasteiger partial charge < -0.3 is 35.4 Å². The molecule has 2 aromatic carbocycles. The summed E-state index contributed by atoms with van der Waals surface area (Å²) in [6.45, 7) is 2.09. The predicted octanol–water partition coefficient (Wildman–Crippen LogP) is 2.49. The molecule has 0 spiro atoms. The Kier molecular flexibility index (Phi) is 15.3. The molecule has 0 bridgehead atoms. The predicted molar refractivity (Wildman–Crippen MR) is 170 cm³/mol. The lowest BCUT2D eigenvalue weighted by molar-refractivity contribution is -0.141. The van der Waals surface area contributed by atoms with E-state index in [2.05, 4.69) is 20.7 Å². The van der Waals surface area contributed by atoms with Gasteiger partial charge in [-0.25, -0.2) is 0 Å². The molecule has 3 rings (SSSR count). The van der Waals surface area contributed by atoms with Crippen LogP contribution in [0, 0.1) is 0 Å². The van der Waals surface area contributed by atoms with Crippen molar-refractivity contribution in [3.05, 3.63) is 65.7 Å². The molecule has 11 heteroatoms. The van der Waals surface area contributed by atoms with Gasteiger partial charge in [0.2, 0.25) is 17.7 Å². The SMILES string of the molecule is COC(=O)CCCC(=O)N[C@H](CCC(=O)N1CCCCC1)C(=O)NC(Cc1ccccc1)[C@H](O)CNCc1cccc(OC)c1. The van der Waals surface area contributed by atoms with Crippen molar-refractivity contribution in [2.45, 2.75) is 82.5 Å². The molecule has 3 atom stereocenters. The molecule has 2 aromatic rings. The van der Waals surface area contributed by atoms with Gasteiger partial charge in [0, 0.05) is 45.4 Å². The van der Waals surface area contributed by atoms with E-state index < -0.39 is 36.0 Å². The highest BCUT2D eigenvalue weighted by Gasteiger charge is 2.28. The second kappa shape index (κ2) is 19.4. The molecule has 11 nitrogen and oxygen atoms in total. The second-order valence-corrected chi connectivity index (χ2v) is 11.4. The second-order valence-electron chi connectivity index (χ2n) is 11.4. The Morgan fingerprint density at radius 3 is 2.33 bits per heavy atom. The average molecular weight is 625 g/mol. The van der Waals surface area contributed by atoms with Gasteiger partial charge in [-0.05, 0) is 61.8 Å². The Morgan fingerprint density at radius 2 is 1.62 bits per heavy atom. The van der Waals surface area contributed by atoms with Crippen LogP contribution in [0.2, 0.25) is 0 Å². The highest BCUT2D eigenvalue weighted by molar-refractivity contribution is 5.88. The number of hydrogen-bond donors (Lipinski definition) is 4. The van der Waals surface area contributed by atoms with Crippen molar-refractivity contribution in [1.82, 2.24) is 20.9 Å². The summed E-state index contributed by atoms with van der Waals surface area (Å²) in [7, 11) is 2.89. The summed E-state index contributed by atoms with van der Waals surface area (Å²) in [6.07, 6.45) is 3.03. The summed E-state index contributed by atoms with van der Waals surface area (Å²) < 4.78 is 9.93. The first kappa shape index (κ1) is 35.5. The molecule has 1 saturated heterocycles. The van der Waals surface area contributed by atoms with Gasteiger partial charge in [-0.3, -0.25) is 19.2 Å². The first-order valence-corrected chi connectivity index (χ1v) is 15.8. The van der Waals surface area contributed by atoms with Crippen LogP contribution in [0.4, 0.5) is 0 Å². The number of aliphatic hydroxyl groups excluding tert-OH is 1. The first-order valence-electron chi connectivity index (χ1n) is 15.8. The van der Waals surface area contributed by atoms with Crippen molar-refractivity contribution in [2.24, 2.45) is 0 Å². The van der Waals surface area contributed by atoms with E-state index in [1.807, 2.05) is 59.5 Å². The number of ether oxygens (including phenoxy) is 2. The van der Waals surface area contributed by atoms with Crippen LogP contribution < -0.4 is 20.7 Å². The number of rotatable bonds is 18. The van der Waals surface area contributed by atoms with E-state index in [1.54, 1.807) is 7.11 Å². The molecule has 0 radical (unpaired) electrons. The number of amides is 3. The van der Waals surface area contributed by atoms with E-state index in [0.717, 1.165) is 36.1 Å². The molecular weight excluding hydrogens is 576 g/mol. The Bertz CT molecular complexity index is 1220. The molecule has 1 heterocycles. The van der Waals surface area contributed by atoms with Crippen LogP contribution in [0.15, 0.2) is 54.6 Å². The van der Waals surface area contributed by atoms with Gasteiger partial charge in [0.05, 0.1) is 26.4 Å². The van der Waals surface area contributed by atoms with Gasteiger partial charge in [0.1, 0.15) is 11.8 Å². The van der Waals surface area contributed by atoms with Crippen molar-refractivity contribution in [2.75, 3.05) is 33.9 Å². The normalized spacial score (nSPS) is 15.0. The largest absolute Gasteiger partial charge is 0.497 e. The molecule has 3 amide bonds. The topological polar surface area (TPSA) is 146 Å². The fourth-order valence-electron chi connectivity index (χ4n) is 5.32. The molecular formula is C34H48N4O7. The standard InChI is InChI=1S/C34H48N4O7/c1-44-27-14-9-13-26(21-27)23-35-24-30(39)29(22-25-11-5-3-6-12-25)37-34(43)28(36-31(40)15-10-16-33(42)45-2)17-18-32(41)38-19-7-4-8-20-38/h3,5-6,9,11-14,21,28-30,35,39H,4,7-8,10,15-20,22-24H2,1-2H3,(H,36,40)(H,37,43)/t28-,29?,30-/m1/s1. The van der Waals surface area contributed by atoms with Gasteiger partial charge in [-0.15, -0.1) is 0 Å². The number of nitrogens with zero attached hydrogens (tertiary/aromatic N) is 1. The fourth-order valence-corrected chi connectivity index (χ4v) is 5.32. The monoisotopic (exact) mass is 624 g/mol. The van der Waals surface area contributed by atoms with Crippen LogP contribution in [-0.2, 0) is 36.9 Å². The number of methoxy groups -OCH3 is 2. The highest BCUT2D eigenvalue weighted by Crippen LogP contribution is 2.14. The average Bonchev–Trinajstić information content (AvgIpc) is 3.06. The molecule has 1 aliphatic heterocycles. The summed E-state index contributed by atoms with van der Waals surface area (Å²) in [5, 5.41) is 20.2. The first-order chi connectivity index (χ1) is 21.8. The molecule has 0 aliphatic carbocycles. The van der Waals surface area contributed by atoms with E-state index in [1.165, 1.54) is 7.11 Å². The minimum atomic E-state index is -0.986. The van der Waals surface area contributed by atoms with Crippen LogP contribution in [-0.4, -0.2) is 85.7 Å². The zero-order chi connectivity index (χ0) is 32.4. The van der Waals surface area contributed by atoms with Crippen molar-refractivity contribution < 1.29 is 33.8 Å². The lowest BCUT2D eigenvalue weighted by Crippen LogP contribution is -2.55. The van der Waals surface area contributed by atoms with Gasteiger partial charge in [0.25, 0.3) is 0 Å². The molecule has 4 N–H and O–H groups in total. The summed E-state index contributed by atoms with van der Waals surface area (Å²) in [5.74, 6) is -0.599. The smallest absolute Gasteiger partial charge is 0.305 e. The van der Waals surface area contributed by atoms with E-state index in [-0.39, 0.29) is 44.6 Å². The lowest BCUT2D eigenvalue weighted by Gasteiger charge is -2.29. The Hall–Kier alpha value is -3.96. The van der Waals surface area contributed by atoms with Crippen LogP contribution in [0.1, 0.15) is 62.5 Å². The molecule has 0 saturated carbocycles. The van der Waals surface area contributed by atoms with Crippen molar-refractivity contribution >= 4 is 23.7 Å². The number of piperidine rings is 1. The number of carbonyl (C=O) groups excluding carboxylic acids is 4. The third-order valence-corrected chi connectivity index (χ3v) is 7.93. The third kappa shape index (κ3) is 12.9. The van der Waals surface area contributed by atoms with Crippen molar-refractivity contribution in [3.63, 3.8) is 0 Å². The van der Waals surface area contributed by atoms with Crippen molar-refractivity contribution in [1.29, 1.82) is 0 Å². The molecule has 1 unspecified atom stereocenters. The molecule has 45 heavy (non-hydrogen) atoms. The maximum atomic E-state index is 13.7. The summed E-state index contributed by atoms with van der Waals surface area (Å²) in [5.41, 5.74) is 1.91. The van der Waals surface area contributed by atoms with E-state index in [0.29, 0.717) is 26.1 Å². The molecule has 1 aliphatic rings. The van der Waals surface area contributed by atoms with Gasteiger partial charge >= 0.3 is 5.97 Å². The van der Waals surface area contributed by atoms with Crippen molar-refractivity contribution in [3.8, 4) is 5.75 Å². The van der Waals surface area contributed by atoms with Gasteiger partial charge in [-0.1, -0.05) is 42.5 Å². The maximum absolute atomic E-state index is 13.7. The van der Waals surface area contributed by atoms with Crippen LogP contribution in [0.5, 0.6) is 5.75 Å². The Balaban J connectivity index is 1.68. The number of likely N-dealkylation sites (tertiary alicyclic amines) is 1. The zero-order valence-corrected chi connectivity index (χ0v) is 26.5. The zero-order valence-electron chi connectivity index (χ0n) is 26.5. The Labute approximate surface area is 266 Å². The number of nitrogens with one attached hydrogen (secondary N) is 3. The minimum Gasteiger partial charge on any atom is -0.497 e. The third-order valence-electron chi connectivity index (χ3n) is 7.93. The Morgan fingerprint density at radius 1 is 0.889 bits per heavy atom. The summed E-state index contributed by atoms with van der Waals surface area (Å²) in [6, 6.07) is 15.5. The number of esters is 1. The van der Waals surface area contributed by atoms with Gasteiger partial charge in [0.15, 0.2) is 0 Å². The summed E-state index contributed by atoms with van der Waals surface area (Å²) >= 11 is 0. The minimum absolute atomic E-state index is 0.0310. The van der Waals surface area contributed by atoms with Crippen LogP contribution in [0.3, 0.4) is 0 Å². The van der Waals surface area contributed by atoms with Crippen LogP contribution >= 0.6 is 0 Å².